The van der Waals surface area contributed by atoms with Crippen LogP contribution in [0.3, 0.4) is 0 Å². The van der Waals surface area contributed by atoms with E-state index in [2.05, 4.69) is 76.4 Å². The fourth-order valence-corrected chi connectivity index (χ4v) is 7.50. The maximum absolute atomic E-state index is 14.4. The monoisotopic (exact) mass is 596 g/mol. The molecule has 1 fully saturated rings. The molecule has 2 aliphatic rings. The predicted molar refractivity (Wildman–Crippen MR) is 170 cm³/mol. The molecule has 0 bridgehead atoms. The number of benzene rings is 2. The lowest BCUT2D eigenvalue weighted by Crippen LogP contribution is -2.50. The summed E-state index contributed by atoms with van der Waals surface area (Å²) >= 11 is 0. The minimum atomic E-state index is -0.666. The highest BCUT2D eigenvalue weighted by Gasteiger charge is 2.53. The quantitative estimate of drug-likeness (QED) is 0.220. The number of fused-ring (bicyclic) bond motifs is 1. The summed E-state index contributed by atoms with van der Waals surface area (Å²) in [5, 5.41) is 14.6. The van der Waals surface area contributed by atoms with Gasteiger partial charge in [0.25, 0.3) is 5.56 Å². The van der Waals surface area contributed by atoms with Crippen LogP contribution in [0.5, 0.6) is 0 Å². The number of aromatic amines is 1. The van der Waals surface area contributed by atoms with Crippen molar-refractivity contribution in [3.63, 3.8) is 0 Å². The zero-order valence-corrected chi connectivity index (χ0v) is 26.4. The Hall–Kier alpha value is -4.01. The second-order valence-electron chi connectivity index (χ2n) is 13.3. The van der Waals surface area contributed by atoms with Gasteiger partial charge in [-0.25, -0.2) is 4.68 Å². The van der Waals surface area contributed by atoms with Crippen molar-refractivity contribution in [3.05, 3.63) is 75.7 Å². The highest BCUT2D eigenvalue weighted by Crippen LogP contribution is 2.53. The van der Waals surface area contributed by atoms with Gasteiger partial charge in [0.15, 0.2) is 0 Å². The summed E-state index contributed by atoms with van der Waals surface area (Å²) in [5.41, 5.74) is 5.61. The number of rotatable bonds is 9. The van der Waals surface area contributed by atoms with Crippen molar-refractivity contribution in [1.82, 2.24) is 30.0 Å². The summed E-state index contributed by atoms with van der Waals surface area (Å²) in [7, 11) is 0. The maximum atomic E-state index is 14.4. The van der Waals surface area contributed by atoms with E-state index in [1.165, 1.54) is 0 Å². The first-order chi connectivity index (χ1) is 21.3. The summed E-state index contributed by atoms with van der Waals surface area (Å²) in [6, 6.07) is 16.3. The molecule has 232 valence electrons. The third-order valence-corrected chi connectivity index (χ3v) is 9.99. The van der Waals surface area contributed by atoms with Gasteiger partial charge in [0.1, 0.15) is 0 Å². The molecule has 1 atom stereocenters. The van der Waals surface area contributed by atoms with Crippen LogP contribution in [0.4, 0.5) is 0 Å². The van der Waals surface area contributed by atoms with Crippen LogP contribution in [0.2, 0.25) is 0 Å². The van der Waals surface area contributed by atoms with Gasteiger partial charge in [-0.1, -0.05) is 75.7 Å². The first-order valence-corrected chi connectivity index (χ1v) is 16.2. The number of H-pyrrole nitrogens is 1. The summed E-state index contributed by atoms with van der Waals surface area (Å²) in [4.78, 5) is 28.2. The lowest BCUT2D eigenvalue weighted by molar-refractivity contribution is -0.164. The number of carbonyl (C=O) groups is 1. The van der Waals surface area contributed by atoms with Crippen molar-refractivity contribution in [1.29, 1.82) is 0 Å². The van der Waals surface area contributed by atoms with E-state index in [4.69, 9.17) is 4.74 Å². The second kappa shape index (κ2) is 12.2. The number of hydrogen-bond acceptors (Lipinski definition) is 6. The van der Waals surface area contributed by atoms with Gasteiger partial charge in [0.05, 0.1) is 18.1 Å². The van der Waals surface area contributed by atoms with Crippen molar-refractivity contribution >= 4 is 5.97 Å². The van der Waals surface area contributed by atoms with E-state index >= 15 is 0 Å². The van der Waals surface area contributed by atoms with E-state index in [0.717, 1.165) is 91.4 Å². The van der Waals surface area contributed by atoms with Crippen LogP contribution in [0, 0.1) is 10.8 Å². The minimum Gasteiger partial charge on any atom is -0.466 e. The molecule has 2 aromatic heterocycles. The minimum absolute atomic E-state index is 0.0539. The normalized spacial score (nSPS) is 19.0. The molecule has 0 spiro atoms. The number of hydrogen-bond donors (Lipinski definition) is 1. The Morgan fingerprint density at radius 1 is 1.02 bits per heavy atom. The fourth-order valence-electron chi connectivity index (χ4n) is 7.50. The fraction of sp³-hybridized carbons (Fsp3) is 0.514. The van der Waals surface area contributed by atoms with Gasteiger partial charge in [0.2, 0.25) is 5.82 Å². The van der Waals surface area contributed by atoms with Crippen molar-refractivity contribution in [2.75, 3.05) is 6.61 Å². The summed E-state index contributed by atoms with van der Waals surface area (Å²) in [6.07, 6.45) is 7.53. The van der Waals surface area contributed by atoms with Gasteiger partial charge in [-0.15, -0.1) is 10.2 Å². The second-order valence-corrected chi connectivity index (χ2v) is 13.3. The number of aromatic nitrogens is 6. The maximum Gasteiger partial charge on any atom is 0.314 e. The number of tetrazole rings is 1. The van der Waals surface area contributed by atoms with Gasteiger partial charge in [-0.2, -0.15) is 5.21 Å². The smallest absolute Gasteiger partial charge is 0.314 e. The average molecular weight is 597 g/mol. The Balaban J connectivity index is 1.36. The van der Waals surface area contributed by atoms with Crippen LogP contribution in [-0.4, -0.2) is 42.6 Å². The average Bonchev–Trinajstić information content (AvgIpc) is 3.66. The molecule has 1 saturated carbocycles. The number of nitrogens with zero attached hydrogens (tertiary/aromatic N) is 5. The standard InChI is InChI=1S/C35H44N6O3/c1-5-10-29-28(23-24-14-16-25(17-15-24)26-11-7-8-12-27(26)31-36-38-39-37-31)32(42)41-30(13-9-22-40(29)41)35(33(43)44-6-2)20-18-34(3,4)19-21-35/h7-8,11-12,14-17,30H,5-6,9-10,13,18-23H2,1-4H3,(H,36,37,38,39). The van der Waals surface area contributed by atoms with Crippen LogP contribution in [0.15, 0.2) is 53.3 Å². The molecular weight excluding hydrogens is 552 g/mol. The Bertz CT molecular complexity index is 1660. The van der Waals surface area contributed by atoms with E-state index in [-0.39, 0.29) is 23.0 Å². The molecule has 44 heavy (non-hydrogen) atoms. The van der Waals surface area contributed by atoms with Crippen molar-refractivity contribution in [2.45, 2.75) is 98.1 Å². The number of carbonyl (C=O) groups excluding carboxylic acids is 1. The first-order valence-electron chi connectivity index (χ1n) is 16.2. The van der Waals surface area contributed by atoms with E-state index in [0.29, 0.717) is 18.9 Å². The number of esters is 1. The molecule has 0 saturated heterocycles. The number of ether oxygens (including phenoxy) is 1. The Kier molecular flexibility index (Phi) is 8.31. The van der Waals surface area contributed by atoms with Crippen LogP contribution in [0.1, 0.15) is 95.5 Å². The van der Waals surface area contributed by atoms with Crippen LogP contribution >= 0.6 is 0 Å². The van der Waals surface area contributed by atoms with Crippen molar-refractivity contribution in [2.24, 2.45) is 10.8 Å². The van der Waals surface area contributed by atoms with Gasteiger partial charge in [-0.05, 0) is 79.2 Å². The van der Waals surface area contributed by atoms with E-state index in [1.54, 1.807) is 0 Å². The molecule has 4 aromatic rings. The van der Waals surface area contributed by atoms with Crippen LogP contribution in [0.25, 0.3) is 22.5 Å². The molecular formula is C35H44N6O3. The topological polar surface area (TPSA) is 108 Å². The molecule has 6 rings (SSSR count). The predicted octanol–water partition coefficient (Wildman–Crippen LogP) is 6.52. The third kappa shape index (κ3) is 5.41. The molecule has 0 radical (unpaired) electrons. The van der Waals surface area contributed by atoms with Crippen molar-refractivity contribution in [3.8, 4) is 22.5 Å². The van der Waals surface area contributed by atoms with Crippen LogP contribution in [-0.2, 0) is 28.9 Å². The SMILES string of the molecule is CCCc1c(Cc2ccc(-c3ccccc3-c3nn[nH]n3)cc2)c(=O)n2n1CCCC2C1(C(=O)OCC)CCC(C)(C)CC1. The lowest BCUT2D eigenvalue weighted by Gasteiger charge is -2.47. The number of nitrogens with one attached hydrogen (secondary N) is 1. The molecule has 9 nitrogen and oxygen atoms in total. The van der Waals surface area contributed by atoms with Crippen LogP contribution < -0.4 is 5.56 Å². The summed E-state index contributed by atoms with van der Waals surface area (Å²) in [6.45, 7) is 9.76. The molecule has 1 aliphatic heterocycles. The Labute approximate surface area is 259 Å². The van der Waals surface area contributed by atoms with E-state index in [1.807, 2.05) is 29.8 Å². The van der Waals surface area contributed by atoms with E-state index in [9.17, 15) is 9.59 Å². The van der Waals surface area contributed by atoms with Gasteiger partial charge in [-0.3, -0.25) is 14.3 Å². The third-order valence-electron chi connectivity index (χ3n) is 9.99. The lowest BCUT2D eigenvalue weighted by atomic mass is 9.61. The summed E-state index contributed by atoms with van der Waals surface area (Å²) in [5.74, 6) is 0.426. The molecule has 1 N–H and O–H groups in total. The highest BCUT2D eigenvalue weighted by atomic mass is 16.5. The molecule has 1 aliphatic carbocycles. The zero-order valence-electron chi connectivity index (χ0n) is 26.4. The molecule has 3 heterocycles. The van der Waals surface area contributed by atoms with Gasteiger partial charge < -0.3 is 4.74 Å². The molecule has 9 heteroatoms. The highest BCUT2D eigenvalue weighted by molar-refractivity contribution is 5.80. The zero-order chi connectivity index (χ0) is 30.9. The van der Waals surface area contributed by atoms with Crippen molar-refractivity contribution < 1.29 is 9.53 Å². The van der Waals surface area contributed by atoms with E-state index < -0.39 is 5.41 Å². The largest absolute Gasteiger partial charge is 0.466 e. The van der Waals surface area contributed by atoms with Gasteiger partial charge >= 0.3 is 5.97 Å². The first kappa shape index (κ1) is 30.0. The Morgan fingerprint density at radius 3 is 2.41 bits per heavy atom. The molecule has 0 amide bonds. The molecule has 2 aromatic carbocycles. The molecule has 1 unspecified atom stereocenters. The summed E-state index contributed by atoms with van der Waals surface area (Å²) < 4.78 is 9.95. The van der Waals surface area contributed by atoms with Gasteiger partial charge in [0, 0.05) is 29.8 Å². The Morgan fingerprint density at radius 2 is 1.75 bits per heavy atom.